The van der Waals surface area contributed by atoms with Gasteiger partial charge in [-0.1, -0.05) is 17.7 Å². The number of hydrogen-bond donors (Lipinski definition) is 0. The van der Waals surface area contributed by atoms with Crippen LogP contribution in [0.3, 0.4) is 0 Å². The van der Waals surface area contributed by atoms with Crippen molar-refractivity contribution >= 4 is 29.7 Å². The third-order valence-corrected chi connectivity index (χ3v) is 3.42. The van der Waals surface area contributed by atoms with Crippen molar-refractivity contribution in [3.8, 4) is 5.75 Å². The maximum Gasteiger partial charge on any atom is 0.272 e. The maximum atomic E-state index is 6.00. The average molecular weight is 345 g/mol. The minimum Gasteiger partial charge on any atom is -0.484 e. The van der Waals surface area contributed by atoms with E-state index in [2.05, 4.69) is 20.1 Å². The number of nitrogens with zero attached hydrogens (tertiary/aromatic N) is 6. The normalized spacial score (nSPS) is 12.7. The SMILES string of the molecule is CC(Oc1cccc(Cl)c1)c1ccnc2nc(/N=C/N(C)C)nn12. The summed E-state index contributed by atoms with van der Waals surface area (Å²) in [6.45, 7) is 1.93. The highest BCUT2D eigenvalue weighted by Crippen LogP contribution is 2.24. The Morgan fingerprint density at radius 2 is 2.17 bits per heavy atom. The minimum atomic E-state index is -0.263. The number of halogens is 1. The second-order valence-electron chi connectivity index (χ2n) is 5.42. The lowest BCUT2D eigenvalue weighted by molar-refractivity contribution is 0.219. The molecule has 0 aliphatic carbocycles. The molecule has 0 radical (unpaired) electrons. The zero-order chi connectivity index (χ0) is 17.1. The molecule has 0 N–H and O–H groups in total. The molecule has 0 amide bonds. The van der Waals surface area contributed by atoms with Crippen molar-refractivity contribution in [3.63, 3.8) is 0 Å². The highest BCUT2D eigenvalue weighted by atomic mass is 35.5. The molecule has 0 spiro atoms. The lowest BCUT2D eigenvalue weighted by Gasteiger charge is -2.15. The monoisotopic (exact) mass is 344 g/mol. The number of rotatable bonds is 5. The van der Waals surface area contributed by atoms with Crippen molar-refractivity contribution in [3.05, 3.63) is 47.2 Å². The maximum absolute atomic E-state index is 6.00. The molecule has 0 fully saturated rings. The molecule has 0 aliphatic rings. The summed E-state index contributed by atoms with van der Waals surface area (Å²) in [5.74, 6) is 1.50. The van der Waals surface area contributed by atoms with Gasteiger partial charge in [0.25, 0.3) is 11.7 Å². The Balaban J connectivity index is 1.90. The summed E-state index contributed by atoms with van der Waals surface area (Å²) in [5, 5.41) is 5.00. The van der Waals surface area contributed by atoms with Crippen LogP contribution >= 0.6 is 11.6 Å². The zero-order valence-corrected chi connectivity index (χ0v) is 14.3. The first-order valence-corrected chi connectivity index (χ1v) is 7.75. The van der Waals surface area contributed by atoms with Crippen molar-refractivity contribution in [1.29, 1.82) is 0 Å². The molecule has 1 atom stereocenters. The van der Waals surface area contributed by atoms with E-state index in [1.54, 1.807) is 29.2 Å². The van der Waals surface area contributed by atoms with Crippen molar-refractivity contribution in [2.45, 2.75) is 13.0 Å². The zero-order valence-electron chi connectivity index (χ0n) is 13.6. The molecule has 0 bridgehead atoms. The predicted octanol–water partition coefficient (Wildman–Crippen LogP) is 3.14. The highest BCUT2D eigenvalue weighted by Gasteiger charge is 2.15. The second kappa shape index (κ2) is 6.84. The van der Waals surface area contributed by atoms with Crippen LogP contribution in [0.15, 0.2) is 41.5 Å². The van der Waals surface area contributed by atoms with E-state index < -0.39 is 0 Å². The van der Waals surface area contributed by atoms with Gasteiger partial charge in [0, 0.05) is 25.3 Å². The van der Waals surface area contributed by atoms with Crippen LogP contribution in [-0.4, -0.2) is 44.9 Å². The van der Waals surface area contributed by atoms with Crippen LogP contribution in [-0.2, 0) is 0 Å². The molecule has 0 saturated carbocycles. The van der Waals surface area contributed by atoms with Crippen LogP contribution in [0.4, 0.5) is 5.95 Å². The number of hydrogen-bond acceptors (Lipinski definition) is 5. The number of ether oxygens (including phenoxy) is 1. The fourth-order valence-electron chi connectivity index (χ4n) is 2.14. The third kappa shape index (κ3) is 3.62. The van der Waals surface area contributed by atoms with Gasteiger partial charge in [0.1, 0.15) is 11.9 Å². The molecule has 124 valence electrons. The lowest BCUT2D eigenvalue weighted by atomic mass is 10.2. The molecular formula is C16H17ClN6O. The van der Waals surface area contributed by atoms with Crippen LogP contribution in [0.2, 0.25) is 5.02 Å². The Hall–Kier alpha value is -2.67. The molecule has 8 heteroatoms. The van der Waals surface area contributed by atoms with Crippen LogP contribution < -0.4 is 4.74 Å². The average Bonchev–Trinajstić information content (AvgIpc) is 2.95. The summed E-state index contributed by atoms with van der Waals surface area (Å²) in [5.41, 5.74) is 0.818. The van der Waals surface area contributed by atoms with Gasteiger partial charge in [-0.15, -0.1) is 5.10 Å². The second-order valence-corrected chi connectivity index (χ2v) is 5.86. The van der Waals surface area contributed by atoms with Crippen molar-refractivity contribution in [2.24, 2.45) is 4.99 Å². The van der Waals surface area contributed by atoms with Crippen LogP contribution in [0.1, 0.15) is 18.7 Å². The van der Waals surface area contributed by atoms with Gasteiger partial charge in [0.2, 0.25) is 0 Å². The molecule has 7 nitrogen and oxygen atoms in total. The lowest BCUT2D eigenvalue weighted by Crippen LogP contribution is -2.10. The van der Waals surface area contributed by atoms with E-state index in [1.807, 2.05) is 44.1 Å². The van der Waals surface area contributed by atoms with E-state index >= 15 is 0 Å². The molecule has 1 aromatic carbocycles. The van der Waals surface area contributed by atoms with Crippen molar-refractivity contribution < 1.29 is 4.74 Å². The number of aromatic nitrogens is 4. The van der Waals surface area contributed by atoms with Crippen LogP contribution in [0.5, 0.6) is 5.75 Å². The Labute approximate surface area is 144 Å². The number of fused-ring (bicyclic) bond motifs is 1. The molecule has 2 heterocycles. The first-order chi connectivity index (χ1) is 11.5. The van der Waals surface area contributed by atoms with Gasteiger partial charge in [-0.3, -0.25) is 0 Å². The van der Waals surface area contributed by atoms with Gasteiger partial charge in [0.05, 0.1) is 12.0 Å². The first-order valence-electron chi connectivity index (χ1n) is 7.37. The summed E-state index contributed by atoms with van der Waals surface area (Å²) in [7, 11) is 3.76. The molecule has 1 unspecified atom stereocenters. The fraction of sp³-hybridized carbons (Fsp3) is 0.250. The summed E-state index contributed by atoms with van der Waals surface area (Å²) in [6, 6.07) is 9.11. The van der Waals surface area contributed by atoms with Crippen molar-refractivity contribution in [2.75, 3.05) is 14.1 Å². The van der Waals surface area contributed by atoms with Gasteiger partial charge in [-0.05, 0) is 31.2 Å². The van der Waals surface area contributed by atoms with Gasteiger partial charge in [0.15, 0.2) is 0 Å². The van der Waals surface area contributed by atoms with Gasteiger partial charge >= 0.3 is 0 Å². The quantitative estimate of drug-likeness (QED) is 0.525. The molecule has 24 heavy (non-hydrogen) atoms. The standard InChI is InChI=1S/C16H17ClN6O/c1-11(24-13-6-4-5-12(17)9-13)14-7-8-18-16-20-15(21-23(14)16)19-10-22(2)3/h4-11H,1-3H3/b19-10+. The van der Waals surface area contributed by atoms with E-state index in [-0.39, 0.29) is 6.10 Å². The van der Waals surface area contributed by atoms with Crippen molar-refractivity contribution in [1.82, 2.24) is 24.5 Å². The van der Waals surface area contributed by atoms with Gasteiger partial charge in [-0.2, -0.15) is 9.50 Å². The van der Waals surface area contributed by atoms with E-state index in [4.69, 9.17) is 16.3 Å². The minimum absolute atomic E-state index is 0.263. The number of benzene rings is 1. The highest BCUT2D eigenvalue weighted by molar-refractivity contribution is 6.30. The van der Waals surface area contributed by atoms with Gasteiger partial charge in [-0.25, -0.2) is 9.98 Å². The Morgan fingerprint density at radius 1 is 1.33 bits per heavy atom. The smallest absolute Gasteiger partial charge is 0.272 e. The Bertz CT molecular complexity index is 876. The molecule has 3 rings (SSSR count). The molecule has 3 aromatic rings. The molecule has 2 aromatic heterocycles. The molecule has 0 aliphatic heterocycles. The van der Waals surface area contributed by atoms with Crippen LogP contribution in [0, 0.1) is 0 Å². The van der Waals surface area contributed by atoms with E-state index in [9.17, 15) is 0 Å². The fourth-order valence-corrected chi connectivity index (χ4v) is 2.32. The predicted molar refractivity (Wildman–Crippen MR) is 93.1 cm³/mol. The Kier molecular flexibility index (Phi) is 4.61. The van der Waals surface area contributed by atoms with E-state index in [1.165, 1.54) is 0 Å². The summed E-state index contributed by atoms with van der Waals surface area (Å²) >= 11 is 6.00. The number of aliphatic imine (C=N–C) groups is 1. The first kappa shape index (κ1) is 16.2. The molecule has 0 saturated heterocycles. The Morgan fingerprint density at radius 3 is 2.92 bits per heavy atom. The summed E-state index contributed by atoms with van der Waals surface area (Å²) < 4.78 is 7.59. The van der Waals surface area contributed by atoms with Crippen LogP contribution in [0.25, 0.3) is 5.78 Å². The topological polar surface area (TPSA) is 67.9 Å². The summed E-state index contributed by atoms with van der Waals surface area (Å²) in [4.78, 5) is 14.5. The van der Waals surface area contributed by atoms with E-state index in [0.29, 0.717) is 22.5 Å². The third-order valence-electron chi connectivity index (χ3n) is 3.19. The van der Waals surface area contributed by atoms with E-state index in [0.717, 1.165) is 5.69 Å². The largest absolute Gasteiger partial charge is 0.484 e. The summed E-state index contributed by atoms with van der Waals surface area (Å²) in [6.07, 6.45) is 3.05. The van der Waals surface area contributed by atoms with Gasteiger partial charge < -0.3 is 9.64 Å². The molecular weight excluding hydrogens is 328 g/mol.